The van der Waals surface area contributed by atoms with E-state index in [2.05, 4.69) is 16.7 Å². The van der Waals surface area contributed by atoms with Crippen molar-refractivity contribution in [1.82, 2.24) is 20.4 Å². The van der Waals surface area contributed by atoms with Crippen LogP contribution in [0, 0.1) is 23.2 Å². The Balaban J connectivity index is 1.23. The minimum absolute atomic E-state index is 0.00214. The average molecular weight is 566 g/mol. The minimum atomic E-state index is -1.91. The van der Waals surface area contributed by atoms with E-state index >= 15 is 0 Å². The van der Waals surface area contributed by atoms with Crippen LogP contribution >= 0.6 is 0 Å². The number of likely N-dealkylation sites (N-methyl/N-ethyl adjacent to an activating group) is 1. The van der Waals surface area contributed by atoms with Crippen LogP contribution in [0.1, 0.15) is 63.4 Å². The van der Waals surface area contributed by atoms with Crippen LogP contribution in [0.5, 0.6) is 5.75 Å². The number of nitrogens with one attached hydrogen (secondary N) is 2. The Morgan fingerprint density at radius 1 is 1.20 bits per heavy atom. The number of carbonyl (C=O) groups excluding carboxylic acids is 4. The standard InChI is InChI=1S/C30H36FN5O5/c1-35(25(37)22(12-18-6-7-18)34-27(39)29(31)10-11-29)23(13-19-8-9-19)26(38)36-17-30(14-21(36)15-32)28(40)33-16-20-4-2-3-5-24(20)41-30/h2-5,18-19,21-23H,6-14,16-17H2,1H3,(H,33,40)(H,34,39). The smallest absolute Gasteiger partial charge is 0.266 e. The molecule has 2 aliphatic heterocycles. The van der Waals surface area contributed by atoms with Crippen molar-refractivity contribution in [1.29, 1.82) is 5.26 Å². The van der Waals surface area contributed by atoms with Crippen molar-refractivity contribution in [3.63, 3.8) is 0 Å². The molecule has 41 heavy (non-hydrogen) atoms. The molecule has 4 fully saturated rings. The second-order valence-electron chi connectivity index (χ2n) is 12.5. The van der Waals surface area contributed by atoms with Crippen LogP contribution < -0.4 is 15.4 Å². The number of carbonyl (C=O) groups is 4. The average Bonchev–Trinajstić information content (AvgIpc) is 3.85. The van der Waals surface area contributed by atoms with Crippen LogP contribution in [0.2, 0.25) is 0 Å². The first-order chi connectivity index (χ1) is 19.6. The highest BCUT2D eigenvalue weighted by Gasteiger charge is 2.56. The zero-order valence-electron chi connectivity index (χ0n) is 23.2. The number of halogens is 1. The lowest BCUT2D eigenvalue weighted by molar-refractivity contribution is -0.148. The van der Waals surface area contributed by atoms with Gasteiger partial charge < -0.3 is 25.2 Å². The first kappa shape index (κ1) is 27.5. The first-order valence-corrected chi connectivity index (χ1v) is 14.6. The normalized spacial score (nSPS) is 27.4. The highest BCUT2D eigenvalue weighted by Crippen LogP contribution is 2.42. The summed E-state index contributed by atoms with van der Waals surface area (Å²) in [5.41, 5.74) is -2.54. The molecule has 5 aliphatic rings. The van der Waals surface area contributed by atoms with E-state index in [1.807, 2.05) is 12.1 Å². The Bertz CT molecular complexity index is 1300. The zero-order valence-corrected chi connectivity index (χ0v) is 23.2. The third-order valence-electron chi connectivity index (χ3n) is 9.21. The number of amides is 4. The molecule has 1 aromatic carbocycles. The second-order valence-corrected chi connectivity index (χ2v) is 12.5. The predicted octanol–water partition coefficient (Wildman–Crippen LogP) is 1.97. The van der Waals surface area contributed by atoms with Gasteiger partial charge in [-0.15, -0.1) is 0 Å². The number of para-hydroxylation sites is 1. The molecule has 4 amide bonds. The van der Waals surface area contributed by atoms with E-state index < -0.39 is 47.1 Å². The fourth-order valence-electron chi connectivity index (χ4n) is 6.02. The van der Waals surface area contributed by atoms with E-state index in [-0.39, 0.29) is 50.1 Å². The van der Waals surface area contributed by atoms with E-state index in [0.29, 0.717) is 18.6 Å². The number of benzene rings is 1. The topological polar surface area (TPSA) is 132 Å². The maximum atomic E-state index is 14.5. The number of hydrogen-bond acceptors (Lipinski definition) is 6. The van der Waals surface area contributed by atoms with E-state index in [9.17, 15) is 28.8 Å². The summed E-state index contributed by atoms with van der Waals surface area (Å²) in [6.07, 6.45) is 4.87. The monoisotopic (exact) mass is 565 g/mol. The summed E-state index contributed by atoms with van der Waals surface area (Å²) in [5.74, 6) is -0.951. The Kier molecular flexibility index (Phi) is 6.91. The van der Waals surface area contributed by atoms with Crippen LogP contribution in [0.25, 0.3) is 0 Å². The summed E-state index contributed by atoms with van der Waals surface area (Å²) in [4.78, 5) is 56.6. The fourth-order valence-corrected chi connectivity index (χ4v) is 6.02. The van der Waals surface area contributed by atoms with Gasteiger partial charge in [-0.05, 0) is 43.6 Å². The molecule has 1 aromatic rings. The molecule has 4 atom stereocenters. The van der Waals surface area contributed by atoms with Crippen molar-refractivity contribution < 1.29 is 28.3 Å². The van der Waals surface area contributed by atoms with Gasteiger partial charge in [-0.2, -0.15) is 5.26 Å². The van der Waals surface area contributed by atoms with Crippen molar-refractivity contribution in [2.45, 2.75) is 93.7 Å². The quantitative estimate of drug-likeness (QED) is 0.471. The van der Waals surface area contributed by atoms with Crippen molar-refractivity contribution in [2.24, 2.45) is 11.8 Å². The number of rotatable bonds is 9. The lowest BCUT2D eigenvalue weighted by atomic mass is 9.99. The van der Waals surface area contributed by atoms with Crippen LogP contribution in [0.3, 0.4) is 0 Å². The van der Waals surface area contributed by atoms with Crippen molar-refractivity contribution >= 4 is 23.6 Å². The molecule has 2 N–H and O–H groups in total. The number of hydrogen-bond donors (Lipinski definition) is 2. The van der Waals surface area contributed by atoms with Gasteiger partial charge in [0.2, 0.25) is 17.4 Å². The lowest BCUT2D eigenvalue weighted by Gasteiger charge is -2.34. The van der Waals surface area contributed by atoms with Gasteiger partial charge in [0.1, 0.15) is 23.9 Å². The number of fused-ring (bicyclic) bond motifs is 1. The Morgan fingerprint density at radius 3 is 2.54 bits per heavy atom. The summed E-state index contributed by atoms with van der Waals surface area (Å²) < 4.78 is 20.7. The highest BCUT2D eigenvalue weighted by molar-refractivity contribution is 5.96. The molecule has 218 valence electrons. The number of likely N-dealkylation sites (tertiary alicyclic amines) is 1. The molecule has 0 radical (unpaired) electrons. The van der Waals surface area contributed by atoms with E-state index in [4.69, 9.17) is 4.74 Å². The van der Waals surface area contributed by atoms with Gasteiger partial charge in [0.05, 0.1) is 12.6 Å². The molecule has 3 aliphatic carbocycles. The van der Waals surface area contributed by atoms with Crippen molar-refractivity contribution in [2.75, 3.05) is 13.6 Å². The molecule has 6 rings (SSSR count). The Morgan fingerprint density at radius 2 is 1.88 bits per heavy atom. The number of nitrogens with zero attached hydrogens (tertiary/aromatic N) is 3. The van der Waals surface area contributed by atoms with Gasteiger partial charge in [-0.25, -0.2) is 4.39 Å². The van der Waals surface area contributed by atoms with Crippen LogP contribution in [0.15, 0.2) is 24.3 Å². The molecule has 0 bridgehead atoms. The van der Waals surface area contributed by atoms with Gasteiger partial charge in [0.15, 0.2) is 5.67 Å². The molecule has 11 heteroatoms. The largest absolute Gasteiger partial charge is 0.475 e. The maximum Gasteiger partial charge on any atom is 0.266 e. The molecule has 4 unspecified atom stereocenters. The fraction of sp³-hybridized carbons (Fsp3) is 0.633. The van der Waals surface area contributed by atoms with E-state index in [0.717, 1.165) is 31.2 Å². The summed E-state index contributed by atoms with van der Waals surface area (Å²) in [6.45, 7) is 0.151. The molecular formula is C30H36FN5O5. The minimum Gasteiger partial charge on any atom is -0.475 e. The maximum absolute atomic E-state index is 14.5. The van der Waals surface area contributed by atoms with Gasteiger partial charge in [-0.1, -0.05) is 43.9 Å². The van der Waals surface area contributed by atoms with Gasteiger partial charge in [0.25, 0.3) is 11.8 Å². The third-order valence-corrected chi connectivity index (χ3v) is 9.21. The van der Waals surface area contributed by atoms with Crippen LogP contribution in [-0.2, 0) is 25.7 Å². The number of ether oxygens (including phenoxy) is 1. The lowest BCUT2D eigenvalue weighted by Crippen LogP contribution is -2.57. The number of nitriles is 1. The number of alkyl halides is 1. The summed E-state index contributed by atoms with van der Waals surface area (Å²) in [7, 11) is 1.54. The zero-order chi connectivity index (χ0) is 28.9. The Labute approximate surface area is 238 Å². The van der Waals surface area contributed by atoms with Gasteiger partial charge in [-0.3, -0.25) is 19.2 Å². The molecule has 1 spiro atoms. The molecule has 10 nitrogen and oxygen atoms in total. The summed E-state index contributed by atoms with van der Waals surface area (Å²) >= 11 is 0. The Hall–Kier alpha value is -3.68. The van der Waals surface area contributed by atoms with Crippen molar-refractivity contribution in [3.05, 3.63) is 29.8 Å². The molecule has 0 aromatic heterocycles. The van der Waals surface area contributed by atoms with Crippen molar-refractivity contribution in [3.8, 4) is 11.8 Å². The van der Waals surface area contributed by atoms with Gasteiger partial charge in [0, 0.05) is 25.6 Å². The van der Waals surface area contributed by atoms with Gasteiger partial charge >= 0.3 is 0 Å². The SMILES string of the molecule is CN(C(=O)C(CC1CC1)NC(=O)C1(F)CC1)C(CC1CC1)C(=O)N1CC2(CC1C#N)Oc1ccccc1CNC2=O. The molecule has 3 saturated carbocycles. The van der Waals surface area contributed by atoms with E-state index in [1.165, 1.54) is 9.80 Å². The van der Waals surface area contributed by atoms with Crippen LogP contribution in [-0.4, -0.2) is 76.4 Å². The summed E-state index contributed by atoms with van der Waals surface area (Å²) in [6, 6.07) is 6.71. The highest BCUT2D eigenvalue weighted by atomic mass is 19.1. The predicted molar refractivity (Wildman–Crippen MR) is 144 cm³/mol. The van der Waals surface area contributed by atoms with Crippen LogP contribution in [0.4, 0.5) is 4.39 Å². The molecule has 2 heterocycles. The molecular weight excluding hydrogens is 529 g/mol. The molecule has 1 saturated heterocycles. The summed E-state index contributed by atoms with van der Waals surface area (Å²) in [5, 5.41) is 15.6. The second kappa shape index (κ2) is 10.3. The third kappa shape index (κ3) is 5.48. The first-order valence-electron chi connectivity index (χ1n) is 14.6. The van der Waals surface area contributed by atoms with E-state index in [1.54, 1.807) is 19.2 Å².